The third-order valence-corrected chi connectivity index (χ3v) is 4.48. The molecule has 0 heterocycles. The number of ether oxygens (including phenoxy) is 3. The largest absolute Gasteiger partial charge is 0.493 e. The Kier molecular flexibility index (Phi) is 7.57. The van der Waals surface area contributed by atoms with Crippen LogP contribution in [0.15, 0.2) is 18.2 Å². The summed E-state index contributed by atoms with van der Waals surface area (Å²) in [7, 11) is 3.18. The first-order valence-corrected chi connectivity index (χ1v) is 8.75. The molecule has 0 aromatic heterocycles. The van der Waals surface area contributed by atoms with Crippen LogP contribution in [0, 0.1) is 5.92 Å². The van der Waals surface area contributed by atoms with Gasteiger partial charge in [-0.05, 0) is 42.9 Å². The van der Waals surface area contributed by atoms with Gasteiger partial charge in [-0.25, -0.2) is 0 Å². The normalized spacial score (nSPS) is 14.2. The summed E-state index contributed by atoms with van der Waals surface area (Å²) < 4.78 is 15.5. The van der Waals surface area contributed by atoms with E-state index in [0.29, 0.717) is 36.8 Å². The molecule has 138 valence electrons. The van der Waals surface area contributed by atoms with Crippen LogP contribution in [0.3, 0.4) is 0 Å². The first kappa shape index (κ1) is 19.1. The van der Waals surface area contributed by atoms with Crippen molar-refractivity contribution in [2.45, 2.75) is 38.5 Å². The van der Waals surface area contributed by atoms with E-state index in [1.165, 1.54) is 12.8 Å². The van der Waals surface area contributed by atoms with Gasteiger partial charge in [-0.2, -0.15) is 0 Å². The van der Waals surface area contributed by atoms with Crippen molar-refractivity contribution in [1.82, 2.24) is 5.32 Å². The molecule has 0 spiro atoms. The standard InChI is InChI=1S/C19H27NO5/c1-23-16-8-7-15(11-17(16)24-2)9-10-20-18(21)13-25-19(22)12-14-5-3-4-6-14/h7-8,11,14H,3-6,9-10,12-13H2,1-2H3,(H,20,21). The number of hydrogen-bond donors (Lipinski definition) is 1. The molecule has 1 amide bonds. The molecular weight excluding hydrogens is 322 g/mol. The van der Waals surface area contributed by atoms with Gasteiger partial charge >= 0.3 is 5.97 Å². The number of amides is 1. The molecule has 0 unspecified atom stereocenters. The Morgan fingerprint density at radius 2 is 1.84 bits per heavy atom. The molecule has 0 radical (unpaired) electrons. The van der Waals surface area contributed by atoms with Crippen molar-refractivity contribution in [3.05, 3.63) is 23.8 Å². The number of benzene rings is 1. The first-order valence-electron chi connectivity index (χ1n) is 8.75. The first-order chi connectivity index (χ1) is 12.1. The van der Waals surface area contributed by atoms with Crippen molar-refractivity contribution in [2.75, 3.05) is 27.4 Å². The Balaban J connectivity index is 1.65. The van der Waals surface area contributed by atoms with E-state index in [0.717, 1.165) is 18.4 Å². The second-order valence-corrected chi connectivity index (χ2v) is 6.30. The highest BCUT2D eigenvalue weighted by Gasteiger charge is 2.19. The smallest absolute Gasteiger partial charge is 0.306 e. The highest BCUT2D eigenvalue weighted by atomic mass is 16.5. The summed E-state index contributed by atoms with van der Waals surface area (Å²) in [5.74, 6) is 1.21. The summed E-state index contributed by atoms with van der Waals surface area (Å²) >= 11 is 0. The van der Waals surface area contributed by atoms with Gasteiger partial charge in [0.2, 0.25) is 0 Å². The van der Waals surface area contributed by atoms with Crippen molar-refractivity contribution >= 4 is 11.9 Å². The van der Waals surface area contributed by atoms with Gasteiger partial charge < -0.3 is 19.5 Å². The van der Waals surface area contributed by atoms with Crippen LogP contribution in [-0.2, 0) is 20.7 Å². The van der Waals surface area contributed by atoms with Gasteiger partial charge in [0.05, 0.1) is 14.2 Å². The lowest BCUT2D eigenvalue weighted by Crippen LogP contribution is -2.30. The van der Waals surface area contributed by atoms with Crippen LogP contribution in [0.1, 0.15) is 37.7 Å². The van der Waals surface area contributed by atoms with Crippen molar-refractivity contribution in [2.24, 2.45) is 5.92 Å². The van der Waals surface area contributed by atoms with E-state index in [1.807, 2.05) is 18.2 Å². The molecule has 1 saturated carbocycles. The fourth-order valence-corrected chi connectivity index (χ4v) is 3.09. The van der Waals surface area contributed by atoms with Gasteiger partial charge in [-0.15, -0.1) is 0 Å². The third-order valence-electron chi connectivity index (χ3n) is 4.48. The lowest BCUT2D eigenvalue weighted by atomic mass is 10.1. The number of carbonyl (C=O) groups excluding carboxylic acids is 2. The van der Waals surface area contributed by atoms with Crippen LogP contribution in [0.4, 0.5) is 0 Å². The summed E-state index contributed by atoms with van der Waals surface area (Å²) in [5, 5.41) is 2.76. The van der Waals surface area contributed by atoms with Crippen LogP contribution in [0.5, 0.6) is 11.5 Å². The summed E-state index contributed by atoms with van der Waals surface area (Å²) in [6.45, 7) is 0.256. The number of carbonyl (C=O) groups is 2. The number of methoxy groups -OCH3 is 2. The van der Waals surface area contributed by atoms with Gasteiger partial charge in [0.15, 0.2) is 18.1 Å². The van der Waals surface area contributed by atoms with E-state index in [2.05, 4.69) is 5.32 Å². The highest BCUT2D eigenvalue weighted by Crippen LogP contribution is 2.28. The number of esters is 1. The topological polar surface area (TPSA) is 73.9 Å². The Labute approximate surface area is 148 Å². The number of hydrogen-bond acceptors (Lipinski definition) is 5. The minimum atomic E-state index is -0.278. The maximum absolute atomic E-state index is 11.8. The average molecular weight is 349 g/mol. The van der Waals surface area contributed by atoms with Crippen LogP contribution < -0.4 is 14.8 Å². The Bertz CT molecular complexity index is 581. The number of nitrogens with one attached hydrogen (secondary N) is 1. The minimum absolute atomic E-state index is 0.211. The van der Waals surface area contributed by atoms with Gasteiger partial charge in [0.25, 0.3) is 5.91 Å². The van der Waals surface area contributed by atoms with Crippen LogP contribution in [0.2, 0.25) is 0 Å². The highest BCUT2D eigenvalue weighted by molar-refractivity contribution is 5.80. The van der Waals surface area contributed by atoms with Crippen molar-refractivity contribution in [3.63, 3.8) is 0 Å². The molecule has 0 aliphatic heterocycles. The van der Waals surface area contributed by atoms with Gasteiger partial charge in [-0.1, -0.05) is 18.9 Å². The molecule has 1 N–H and O–H groups in total. The molecule has 6 heteroatoms. The lowest BCUT2D eigenvalue weighted by Gasteiger charge is -2.11. The summed E-state index contributed by atoms with van der Waals surface area (Å²) in [5.41, 5.74) is 1.02. The SMILES string of the molecule is COc1ccc(CCNC(=O)COC(=O)CC2CCCC2)cc1OC. The molecule has 1 aromatic carbocycles. The van der Waals surface area contributed by atoms with Gasteiger partial charge in [0.1, 0.15) is 0 Å². The fourth-order valence-electron chi connectivity index (χ4n) is 3.09. The molecular formula is C19H27NO5. The van der Waals surface area contributed by atoms with Crippen LogP contribution in [0.25, 0.3) is 0 Å². The average Bonchev–Trinajstić information content (AvgIpc) is 3.12. The summed E-state index contributed by atoms with van der Waals surface area (Å²) in [6, 6.07) is 5.64. The van der Waals surface area contributed by atoms with E-state index >= 15 is 0 Å². The zero-order chi connectivity index (χ0) is 18.1. The molecule has 1 aliphatic carbocycles. The molecule has 1 fully saturated rings. The Morgan fingerprint density at radius 1 is 1.12 bits per heavy atom. The molecule has 0 atom stereocenters. The van der Waals surface area contributed by atoms with Crippen LogP contribution in [-0.4, -0.2) is 39.2 Å². The van der Waals surface area contributed by atoms with E-state index < -0.39 is 0 Å². The molecule has 1 aromatic rings. The maximum Gasteiger partial charge on any atom is 0.306 e. The second kappa shape index (κ2) is 9.91. The second-order valence-electron chi connectivity index (χ2n) is 6.30. The molecule has 6 nitrogen and oxygen atoms in total. The predicted octanol–water partition coefficient (Wildman–Crippen LogP) is 2.49. The molecule has 2 rings (SSSR count). The summed E-state index contributed by atoms with van der Waals surface area (Å²) in [4.78, 5) is 23.5. The minimum Gasteiger partial charge on any atom is -0.493 e. The van der Waals surface area contributed by atoms with Crippen molar-refractivity contribution < 1.29 is 23.8 Å². The van der Waals surface area contributed by atoms with E-state index in [1.54, 1.807) is 14.2 Å². The lowest BCUT2D eigenvalue weighted by molar-refractivity contribution is -0.149. The van der Waals surface area contributed by atoms with Gasteiger partial charge in [0, 0.05) is 13.0 Å². The van der Waals surface area contributed by atoms with E-state index in [4.69, 9.17) is 14.2 Å². The fraction of sp³-hybridized carbons (Fsp3) is 0.579. The Hall–Kier alpha value is -2.24. The maximum atomic E-state index is 11.8. The van der Waals surface area contributed by atoms with Crippen molar-refractivity contribution in [1.29, 1.82) is 0 Å². The zero-order valence-electron chi connectivity index (χ0n) is 15.0. The third kappa shape index (κ3) is 6.29. The predicted molar refractivity (Wildman–Crippen MR) is 93.8 cm³/mol. The Morgan fingerprint density at radius 3 is 2.52 bits per heavy atom. The molecule has 1 aliphatic rings. The molecule has 0 bridgehead atoms. The van der Waals surface area contributed by atoms with E-state index in [-0.39, 0.29) is 18.5 Å². The number of rotatable bonds is 9. The van der Waals surface area contributed by atoms with E-state index in [9.17, 15) is 9.59 Å². The zero-order valence-corrected chi connectivity index (χ0v) is 15.0. The summed E-state index contributed by atoms with van der Waals surface area (Å²) in [6.07, 6.45) is 5.64. The molecule has 25 heavy (non-hydrogen) atoms. The van der Waals surface area contributed by atoms with Crippen molar-refractivity contribution in [3.8, 4) is 11.5 Å². The van der Waals surface area contributed by atoms with Gasteiger partial charge in [-0.3, -0.25) is 9.59 Å². The van der Waals surface area contributed by atoms with Crippen LogP contribution >= 0.6 is 0 Å². The monoisotopic (exact) mass is 349 g/mol. The molecule has 0 saturated heterocycles. The quantitative estimate of drug-likeness (QED) is 0.693.